The van der Waals surface area contributed by atoms with E-state index in [4.69, 9.17) is 4.74 Å². The number of aryl methyl sites for hydroxylation is 3. The fourth-order valence-electron chi connectivity index (χ4n) is 3.08. The lowest BCUT2D eigenvalue weighted by Gasteiger charge is -2.29. The number of methoxy groups -OCH3 is 1. The third-order valence-electron chi connectivity index (χ3n) is 4.21. The molecule has 0 aliphatic carbocycles. The highest BCUT2D eigenvalue weighted by molar-refractivity contribution is 5.56. The minimum atomic E-state index is 0.398. The van der Waals surface area contributed by atoms with Crippen LogP contribution in [-0.4, -0.2) is 7.11 Å². The zero-order valence-corrected chi connectivity index (χ0v) is 12.4. The fourth-order valence-corrected chi connectivity index (χ4v) is 3.08. The lowest BCUT2D eigenvalue weighted by Crippen LogP contribution is -2.19. The summed E-state index contributed by atoms with van der Waals surface area (Å²) in [5.74, 6) is 0.974. The van der Waals surface area contributed by atoms with E-state index in [2.05, 4.69) is 55.6 Å². The van der Waals surface area contributed by atoms with E-state index < -0.39 is 0 Å². The fraction of sp³-hybridized carbons (Fsp3) is 0.333. The minimum absolute atomic E-state index is 0.398. The Morgan fingerprint density at radius 2 is 1.90 bits per heavy atom. The first-order valence-corrected chi connectivity index (χ1v) is 7.18. The minimum Gasteiger partial charge on any atom is -0.496 e. The number of rotatable bonds is 2. The molecule has 0 spiro atoms. The maximum absolute atomic E-state index is 5.40. The van der Waals surface area contributed by atoms with Crippen molar-refractivity contribution in [3.05, 3.63) is 58.7 Å². The molecule has 3 rings (SSSR count). The van der Waals surface area contributed by atoms with Crippen LogP contribution in [0.25, 0.3) is 0 Å². The van der Waals surface area contributed by atoms with Crippen LogP contribution in [0.4, 0.5) is 5.69 Å². The Kier molecular flexibility index (Phi) is 3.39. The molecule has 0 saturated carbocycles. The van der Waals surface area contributed by atoms with Gasteiger partial charge in [0.2, 0.25) is 0 Å². The molecule has 104 valence electrons. The molecule has 0 saturated heterocycles. The number of benzene rings is 2. The van der Waals surface area contributed by atoms with Crippen LogP contribution < -0.4 is 10.1 Å². The van der Waals surface area contributed by atoms with Crippen molar-refractivity contribution in [2.45, 2.75) is 32.7 Å². The van der Waals surface area contributed by atoms with E-state index in [0.717, 1.165) is 18.6 Å². The van der Waals surface area contributed by atoms with Gasteiger partial charge < -0.3 is 10.1 Å². The maximum atomic E-state index is 5.40. The van der Waals surface area contributed by atoms with E-state index in [1.165, 1.54) is 27.9 Å². The van der Waals surface area contributed by atoms with Gasteiger partial charge in [-0.05, 0) is 61.1 Å². The summed E-state index contributed by atoms with van der Waals surface area (Å²) < 4.78 is 5.40. The second kappa shape index (κ2) is 5.20. The molecule has 0 fully saturated rings. The molecule has 2 aromatic carbocycles. The van der Waals surface area contributed by atoms with Gasteiger partial charge in [0.05, 0.1) is 13.2 Å². The summed E-state index contributed by atoms with van der Waals surface area (Å²) in [7, 11) is 1.73. The van der Waals surface area contributed by atoms with E-state index in [0.29, 0.717) is 6.04 Å². The molecular weight excluding hydrogens is 246 g/mol. The Bertz CT molecular complexity index is 633. The molecule has 1 atom stereocenters. The van der Waals surface area contributed by atoms with Gasteiger partial charge >= 0.3 is 0 Å². The van der Waals surface area contributed by atoms with Gasteiger partial charge in [-0.2, -0.15) is 0 Å². The zero-order chi connectivity index (χ0) is 14.1. The SMILES string of the molecule is COc1cc(C)c(C2CCc3ccccc3N2)cc1C. The van der Waals surface area contributed by atoms with Crippen LogP contribution in [0.15, 0.2) is 36.4 Å². The summed E-state index contributed by atoms with van der Waals surface area (Å²) in [6.45, 7) is 4.28. The lowest BCUT2D eigenvalue weighted by molar-refractivity contribution is 0.411. The molecule has 1 aliphatic heterocycles. The Labute approximate surface area is 120 Å². The van der Waals surface area contributed by atoms with E-state index in [1.54, 1.807) is 7.11 Å². The van der Waals surface area contributed by atoms with Gasteiger partial charge in [-0.25, -0.2) is 0 Å². The summed E-state index contributed by atoms with van der Waals surface area (Å²) in [4.78, 5) is 0. The monoisotopic (exact) mass is 267 g/mol. The average molecular weight is 267 g/mol. The Morgan fingerprint density at radius 3 is 2.70 bits per heavy atom. The molecule has 2 aromatic rings. The highest BCUT2D eigenvalue weighted by Crippen LogP contribution is 2.35. The number of ether oxygens (including phenoxy) is 1. The van der Waals surface area contributed by atoms with Crippen LogP contribution in [0.3, 0.4) is 0 Å². The van der Waals surface area contributed by atoms with Crippen molar-refractivity contribution in [1.82, 2.24) is 0 Å². The van der Waals surface area contributed by atoms with Crippen molar-refractivity contribution < 1.29 is 4.74 Å². The quantitative estimate of drug-likeness (QED) is 0.870. The van der Waals surface area contributed by atoms with Gasteiger partial charge in [0.25, 0.3) is 0 Å². The summed E-state index contributed by atoms with van der Waals surface area (Å²) in [6.07, 6.45) is 2.28. The molecule has 0 bridgehead atoms. The number of nitrogens with one attached hydrogen (secondary N) is 1. The first-order chi connectivity index (χ1) is 9.69. The van der Waals surface area contributed by atoms with Crippen molar-refractivity contribution in [3.63, 3.8) is 0 Å². The average Bonchev–Trinajstić information content (AvgIpc) is 2.48. The van der Waals surface area contributed by atoms with Gasteiger partial charge in [0.15, 0.2) is 0 Å². The van der Waals surface area contributed by atoms with E-state index in [9.17, 15) is 0 Å². The van der Waals surface area contributed by atoms with E-state index >= 15 is 0 Å². The molecule has 2 heteroatoms. The largest absolute Gasteiger partial charge is 0.496 e. The predicted octanol–water partition coefficient (Wildman–Crippen LogP) is 4.41. The van der Waals surface area contributed by atoms with Crippen LogP contribution >= 0.6 is 0 Å². The zero-order valence-electron chi connectivity index (χ0n) is 12.4. The molecule has 0 aromatic heterocycles. The van der Waals surface area contributed by atoms with Crippen molar-refractivity contribution >= 4 is 5.69 Å². The van der Waals surface area contributed by atoms with Gasteiger partial charge in [-0.3, -0.25) is 0 Å². The first kappa shape index (κ1) is 13.0. The van der Waals surface area contributed by atoms with Crippen molar-refractivity contribution in [1.29, 1.82) is 0 Å². The van der Waals surface area contributed by atoms with Crippen LogP contribution in [0.1, 0.15) is 34.7 Å². The number of anilines is 1. The second-order valence-electron chi connectivity index (χ2n) is 5.57. The predicted molar refractivity (Wildman–Crippen MR) is 83.6 cm³/mol. The molecule has 1 N–H and O–H groups in total. The van der Waals surface area contributed by atoms with Gasteiger partial charge in [0.1, 0.15) is 5.75 Å². The van der Waals surface area contributed by atoms with Crippen LogP contribution in [0, 0.1) is 13.8 Å². The standard InChI is InChI=1S/C18H21NO/c1-12-11-18(20-3)13(2)10-15(12)17-9-8-14-6-4-5-7-16(14)19-17/h4-7,10-11,17,19H,8-9H2,1-3H3. The molecular formula is C18H21NO. The second-order valence-corrected chi connectivity index (χ2v) is 5.57. The first-order valence-electron chi connectivity index (χ1n) is 7.18. The van der Waals surface area contributed by atoms with Crippen LogP contribution in [0.2, 0.25) is 0 Å². The van der Waals surface area contributed by atoms with E-state index in [-0.39, 0.29) is 0 Å². The Balaban J connectivity index is 1.94. The van der Waals surface area contributed by atoms with Crippen LogP contribution in [-0.2, 0) is 6.42 Å². The third kappa shape index (κ3) is 2.26. The van der Waals surface area contributed by atoms with E-state index in [1.807, 2.05) is 0 Å². The van der Waals surface area contributed by atoms with Crippen molar-refractivity contribution in [2.75, 3.05) is 12.4 Å². The summed E-state index contributed by atoms with van der Waals surface area (Å²) >= 11 is 0. The smallest absolute Gasteiger partial charge is 0.122 e. The number of para-hydroxylation sites is 1. The molecule has 1 heterocycles. The molecule has 1 unspecified atom stereocenters. The highest BCUT2D eigenvalue weighted by Gasteiger charge is 2.21. The summed E-state index contributed by atoms with van der Waals surface area (Å²) in [5.41, 5.74) is 6.58. The maximum Gasteiger partial charge on any atom is 0.122 e. The summed E-state index contributed by atoms with van der Waals surface area (Å²) in [6, 6.07) is 13.4. The molecule has 20 heavy (non-hydrogen) atoms. The topological polar surface area (TPSA) is 21.3 Å². The molecule has 0 radical (unpaired) electrons. The van der Waals surface area contributed by atoms with Gasteiger partial charge in [-0.15, -0.1) is 0 Å². The Morgan fingerprint density at radius 1 is 1.10 bits per heavy atom. The normalized spacial score (nSPS) is 17.2. The number of hydrogen-bond acceptors (Lipinski definition) is 2. The number of fused-ring (bicyclic) bond motifs is 1. The lowest BCUT2D eigenvalue weighted by atomic mass is 9.90. The molecule has 1 aliphatic rings. The molecule has 2 nitrogen and oxygen atoms in total. The Hall–Kier alpha value is -1.96. The van der Waals surface area contributed by atoms with Gasteiger partial charge in [-0.1, -0.05) is 24.3 Å². The summed E-state index contributed by atoms with van der Waals surface area (Å²) in [5, 5.41) is 3.68. The third-order valence-corrected chi connectivity index (χ3v) is 4.21. The highest BCUT2D eigenvalue weighted by atomic mass is 16.5. The van der Waals surface area contributed by atoms with Crippen LogP contribution in [0.5, 0.6) is 5.75 Å². The molecule has 0 amide bonds. The number of hydrogen-bond donors (Lipinski definition) is 1. The van der Waals surface area contributed by atoms with Gasteiger partial charge in [0, 0.05) is 5.69 Å². The van der Waals surface area contributed by atoms with Crippen molar-refractivity contribution in [2.24, 2.45) is 0 Å². The van der Waals surface area contributed by atoms with Crippen molar-refractivity contribution in [3.8, 4) is 5.75 Å².